The first-order chi connectivity index (χ1) is 5.65. The predicted octanol–water partition coefficient (Wildman–Crippen LogP) is 0.555. The second kappa shape index (κ2) is 4.22. The van der Waals surface area contributed by atoms with E-state index >= 15 is 0 Å². The van der Waals surface area contributed by atoms with E-state index in [-0.39, 0.29) is 11.8 Å². The zero-order chi connectivity index (χ0) is 9.14. The van der Waals surface area contributed by atoms with Gasteiger partial charge in [0.05, 0.1) is 0 Å². The molecule has 1 rings (SSSR count). The van der Waals surface area contributed by atoms with Crippen LogP contribution in [0.4, 0.5) is 0 Å². The van der Waals surface area contributed by atoms with Gasteiger partial charge in [-0.15, -0.1) is 0 Å². The molecule has 1 aliphatic rings. The number of nitrogens with one attached hydrogen (secondary N) is 1. The standard InChI is InChI=1S/C6H7IN2O2S/c1-2-12-6-8-4(10)3(7)5(11)9-6/h3H,2H2,1H3,(H,8,9,10,11). The van der Waals surface area contributed by atoms with Gasteiger partial charge in [-0.05, 0) is 5.75 Å². The summed E-state index contributed by atoms with van der Waals surface area (Å²) in [4.78, 5) is 25.8. The topological polar surface area (TPSA) is 58.5 Å². The van der Waals surface area contributed by atoms with E-state index in [1.54, 1.807) is 22.6 Å². The van der Waals surface area contributed by atoms with Crippen molar-refractivity contribution in [2.45, 2.75) is 10.8 Å². The predicted molar refractivity (Wildman–Crippen MR) is 56.5 cm³/mol. The van der Waals surface area contributed by atoms with Gasteiger partial charge in [-0.25, -0.2) is 0 Å². The van der Waals surface area contributed by atoms with Crippen molar-refractivity contribution in [3.05, 3.63) is 0 Å². The molecule has 0 radical (unpaired) electrons. The molecule has 0 spiro atoms. The second-order valence-corrected chi connectivity index (χ2v) is 4.54. The van der Waals surface area contributed by atoms with Crippen LogP contribution in [0.15, 0.2) is 4.99 Å². The highest BCUT2D eigenvalue weighted by atomic mass is 127. The Hall–Kier alpha value is -0.110. The van der Waals surface area contributed by atoms with Crippen LogP contribution in [-0.4, -0.2) is 26.7 Å². The van der Waals surface area contributed by atoms with Gasteiger partial charge in [-0.2, -0.15) is 4.99 Å². The smallest absolute Gasteiger partial charge is 0.270 e. The number of hydrogen-bond donors (Lipinski definition) is 1. The normalized spacial score (nSPS) is 23.5. The highest BCUT2D eigenvalue weighted by Gasteiger charge is 2.28. The number of carbonyl (C=O) groups excluding carboxylic acids is 2. The van der Waals surface area contributed by atoms with Crippen LogP contribution in [0.25, 0.3) is 0 Å². The average molecular weight is 298 g/mol. The summed E-state index contributed by atoms with van der Waals surface area (Å²) in [6.07, 6.45) is 0. The molecule has 1 N–H and O–H groups in total. The molecule has 0 aromatic carbocycles. The van der Waals surface area contributed by atoms with Gasteiger partial charge in [-0.1, -0.05) is 41.3 Å². The summed E-state index contributed by atoms with van der Waals surface area (Å²) in [7, 11) is 0. The molecular formula is C6H7IN2O2S. The molecule has 0 saturated heterocycles. The van der Waals surface area contributed by atoms with Crippen LogP contribution >= 0.6 is 34.4 Å². The maximum absolute atomic E-state index is 11.1. The summed E-state index contributed by atoms with van der Waals surface area (Å²) in [6.45, 7) is 1.93. The lowest BCUT2D eigenvalue weighted by molar-refractivity contribution is -0.126. The summed E-state index contributed by atoms with van der Waals surface area (Å²) >= 11 is 3.12. The Bertz CT molecular complexity index is 254. The van der Waals surface area contributed by atoms with Gasteiger partial charge in [-0.3, -0.25) is 9.59 Å². The van der Waals surface area contributed by atoms with Crippen LogP contribution in [0.5, 0.6) is 0 Å². The van der Waals surface area contributed by atoms with Crippen LogP contribution < -0.4 is 5.32 Å². The quantitative estimate of drug-likeness (QED) is 0.437. The first-order valence-corrected chi connectivity index (χ1v) is 5.58. The third-order valence-electron chi connectivity index (χ3n) is 1.17. The third kappa shape index (κ3) is 2.19. The Morgan fingerprint density at radius 1 is 1.67 bits per heavy atom. The molecule has 2 amide bonds. The maximum Gasteiger partial charge on any atom is 0.270 e. The Morgan fingerprint density at radius 2 is 2.33 bits per heavy atom. The van der Waals surface area contributed by atoms with Gasteiger partial charge in [0.25, 0.3) is 5.91 Å². The fourth-order valence-electron chi connectivity index (χ4n) is 0.671. The number of thioether (sulfide) groups is 1. The van der Waals surface area contributed by atoms with Crippen LogP contribution in [0.3, 0.4) is 0 Å². The van der Waals surface area contributed by atoms with Crippen LogP contribution in [-0.2, 0) is 9.59 Å². The van der Waals surface area contributed by atoms with Gasteiger partial charge in [0.2, 0.25) is 5.91 Å². The molecule has 0 aliphatic carbocycles. The molecule has 66 valence electrons. The summed E-state index contributed by atoms with van der Waals surface area (Å²) < 4.78 is -0.663. The molecule has 1 heterocycles. The first kappa shape index (κ1) is 9.97. The van der Waals surface area contributed by atoms with Gasteiger partial charge in [0.15, 0.2) is 9.09 Å². The van der Waals surface area contributed by atoms with E-state index in [0.717, 1.165) is 5.75 Å². The Morgan fingerprint density at radius 3 is 2.83 bits per heavy atom. The van der Waals surface area contributed by atoms with E-state index in [2.05, 4.69) is 10.3 Å². The number of amides is 2. The molecule has 4 nitrogen and oxygen atoms in total. The molecule has 0 aromatic rings. The van der Waals surface area contributed by atoms with E-state index in [1.807, 2.05) is 6.92 Å². The number of nitrogens with zero attached hydrogens (tertiary/aromatic N) is 1. The first-order valence-electron chi connectivity index (χ1n) is 3.35. The summed E-state index contributed by atoms with van der Waals surface area (Å²) in [5, 5.41) is 2.96. The van der Waals surface area contributed by atoms with E-state index in [0.29, 0.717) is 5.17 Å². The molecule has 1 aliphatic heterocycles. The molecule has 1 unspecified atom stereocenters. The highest BCUT2D eigenvalue weighted by molar-refractivity contribution is 14.1. The largest absolute Gasteiger partial charge is 0.304 e. The SMILES string of the molecule is CCSC1=NC(=O)C(I)C(=O)N1. The van der Waals surface area contributed by atoms with Crippen LogP contribution in [0.2, 0.25) is 0 Å². The Labute approximate surface area is 87.7 Å². The van der Waals surface area contributed by atoms with Gasteiger partial charge >= 0.3 is 0 Å². The monoisotopic (exact) mass is 298 g/mol. The molecule has 0 bridgehead atoms. The zero-order valence-corrected chi connectivity index (χ0v) is 9.31. The number of hydrogen-bond acceptors (Lipinski definition) is 3. The second-order valence-electron chi connectivity index (χ2n) is 2.04. The number of halogens is 1. The summed E-state index contributed by atoms with van der Waals surface area (Å²) in [6, 6.07) is 0. The van der Waals surface area contributed by atoms with Crippen molar-refractivity contribution in [2.24, 2.45) is 4.99 Å². The average Bonchev–Trinajstić information content (AvgIpc) is 2.01. The molecule has 0 saturated carbocycles. The van der Waals surface area contributed by atoms with Crippen molar-refractivity contribution in [1.29, 1.82) is 0 Å². The molecule has 0 fully saturated rings. The maximum atomic E-state index is 11.1. The molecular weight excluding hydrogens is 291 g/mol. The molecule has 1 atom stereocenters. The minimum atomic E-state index is -0.663. The molecule has 12 heavy (non-hydrogen) atoms. The number of alkyl halides is 1. The third-order valence-corrected chi connectivity index (χ3v) is 3.02. The van der Waals surface area contributed by atoms with E-state index in [4.69, 9.17) is 0 Å². The van der Waals surface area contributed by atoms with Crippen molar-refractivity contribution in [2.75, 3.05) is 5.75 Å². The van der Waals surface area contributed by atoms with Crippen molar-refractivity contribution >= 4 is 51.3 Å². The zero-order valence-electron chi connectivity index (χ0n) is 6.33. The Balaban J connectivity index is 2.74. The molecule has 6 heteroatoms. The highest BCUT2D eigenvalue weighted by Crippen LogP contribution is 2.12. The lowest BCUT2D eigenvalue weighted by Gasteiger charge is -2.14. The number of rotatable bonds is 1. The molecule has 0 aromatic heterocycles. The van der Waals surface area contributed by atoms with Crippen molar-refractivity contribution < 1.29 is 9.59 Å². The van der Waals surface area contributed by atoms with Crippen LogP contribution in [0.1, 0.15) is 6.92 Å². The fraction of sp³-hybridized carbons (Fsp3) is 0.500. The van der Waals surface area contributed by atoms with Crippen LogP contribution in [0, 0.1) is 0 Å². The van der Waals surface area contributed by atoms with Crippen molar-refractivity contribution in [3.63, 3.8) is 0 Å². The minimum Gasteiger partial charge on any atom is -0.304 e. The Kier molecular flexibility index (Phi) is 3.51. The van der Waals surface area contributed by atoms with E-state index in [1.165, 1.54) is 11.8 Å². The van der Waals surface area contributed by atoms with Gasteiger partial charge < -0.3 is 5.32 Å². The van der Waals surface area contributed by atoms with E-state index in [9.17, 15) is 9.59 Å². The lowest BCUT2D eigenvalue weighted by Crippen LogP contribution is -2.43. The number of aliphatic imine (C=N–C) groups is 1. The number of carbonyl (C=O) groups is 2. The van der Waals surface area contributed by atoms with Crippen molar-refractivity contribution in [1.82, 2.24) is 5.32 Å². The summed E-state index contributed by atoms with van der Waals surface area (Å²) in [5.74, 6) is 0.153. The van der Waals surface area contributed by atoms with Gasteiger partial charge in [0.1, 0.15) is 0 Å². The fourth-order valence-corrected chi connectivity index (χ4v) is 1.57. The minimum absolute atomic E-state index is 0.272. The van der Waals surface area contributed by atoms with Gasteiger partial charge in [0, 0.05) is 0 Å². The number of amidine groups is 1. The summed E-state index contributed by atoms with van der Waals surface area (Å²) in [5.41, 5.74) is 0. The van der Waals surface area contributed by atoms with Crippen molar-refractivity contribution in [3.8, 4) is 0 Å². The van der Waals surface area contributed by atoms with E-state index < -0.39 is 3.92 Å². The lowest BCUT2D eigenvalue weighted by atomic mass is 10.3.